The molecular formula is C17H16ClNO4S. The van der Waals surface area contributed by atoms with Crippen LogP contribution in [0.3, 0.4) is 0 Å². The second-order valence-corrected chi connectivity index (χ2v) is 8.34. The summed E-state index contributed by atoms with van der Waals surface area (Å²) in [6, 6.07) is 12.4. The molecule has 3 rings (SSSR count). The fourth-order valence-corrected chi connectivity index (χ4v) is 3.99. The molecule has 1 aliphatic heterocycles. The van der Waals surface area contributed by atoms with E-state index in [4.69, 9.17) is 16.7 Å². The van der Waals surface area contributed by atoms with Gasteiger partial charge in [0.05, 0.1) is 4.90 Å². The molecule has 1 heterocycles. The van der Waals surface area contributed by atoms with Gasteiger partial charge in [0.25, 0.3) is 0 Å². The van der Waals surface area contributed by atoms with Gasteiger partial charge in [0.2, 0.25) is 0 Å². The van der Waals surface area contributed by atoms with Gasteiger partial charge in [0.15, 0.2) is 9.84 Å². The Morgan fingerprint density at radius 3 is 2.33 bits per heavy atom. The molecule has 0 radical (unpaired) electrons. The minimum absolute atomic E-state index is 0.190. The summed E-state index contributed by atoms with van der Waals surface area (Å²) in [5, 5.41) is 9.25. The lowest BCUT2D eigenvalue weighted by molar-refractivity contribution is 0.105. The van der Waals surface area contributed by atoms with Gasteiger partial charge >= 0.3 is 6.09 Å². The maximum atomic E-state index is 12.0. The molecule has 0 spiro atoms. The van der Waals surface area contributed by atoms with Crippen molar-refractivity contribution in [2.24, 2.45) is 0 Å². The monoisotopic (exact) mass is 365 g/mol. The van der Waals surface area contributed by atoms with E-state index in [1.807, 2.05) is 24.3 Å². The third kappa shape index (κ3) is 3.25. The van der Waals surface area contributed by atoms with E-state index in [9.17, 15) is 13.2 Å². The lowest BCUT2D eigenvalue weighted by Crippen LogP contribution is -2.47. The molecule has 0 aliphatic carbocycles. The molecule has 126 valence electrons. The predicted octanol–water partition coefficient (Wildman–Crippen LogP) is 3.49. The number of likely N-dealkylation sites (tertiary alicyclic amines) is 1. The lowest BCUT2D eigenvalue weighted by atomic mass is 9.90. The van der Waals surface area contributed by atoms with E-state index >= 15 is 0 Å². The second kappa shape index (κ2) is 6.11. The quantitative estimate of drug-likeness (QED) is 0.903. The minimum Gasteiger partial charge on any atom is -0.465 e. The van der Waals surface area contributed by atoms with Crippen molar-refractivity contribution in [3.63, 3.8) is 0 Å². The van der Waals surface area contributed by atoms with Crippen LogP contribution in [-0.2, 0) is 9.84 Å². The Kier molecular flexibility index (Phi) is 4.27. The van der Waals surface area contributed by atoms with E-state index in [0.29, 0.717) is 23.7 Å². The van der Waals surface area contributed by atoms with E-state index in [1.54, 1.807) is 12.1 Å². The summed E-state index contributed by atoms with van der Waals surface area (Å²) in [6.45, 7) is 0.981. The lowest BCUT2D eigenvalue weighted by Gasteiger charge is -2.37. The molecule has 5 nitrogen and oxygen atoms in total. The Hall–Kier alpha value is -2.05. The number of hydrogen-bond donors (Lipinski definition) is 1. The summed E-state index contributed by atoms with van der Waals surface area (Å²) < 4.78 is 24.0. The first-order valence-electron chi connectivity index (χ1n) is 7.33. The van der Waals surface area contributed by atoms with E-state index < -0.39 is 15.9 Å². The summed E-state index contributed by atoms with van der Waals surface area (Å²) in [5.74, 6) is 0.190. The standard InChI is InChI=1S/C17H16ClNO4S/c1-24(22,23)16-8-14(18)6-7-15(16)12-4-2-11(3-5-12)13-9-19(10-13)17(20)21/h2-8,13H,9-10H2,1H3,(H,20,21). The van der Waals surface area contributed by atoms with Gasteiger partial charge in [-0.15, -0.1) is 0 Å². The second-order valence-electron chi connectivity index (χ2n) is 5.92. The van der Waals surface area contributed by atoms with E-state index in [1.165, 1.54) is 11.0 Å². The number of benzene rings is 2. The van der Waals surface area contributed by atoms with Crippen molar-refractivity contribution in [2.75, 3.05) is 19.3 Å². The summed E-state index contributed by atoms with van der Waals surface area (Å²) in [4.78, 5) is 12.4. The van der Waals surface area contributed by atoms with Gasteiger partial charge in [-0.3, -0.25) is 0 Å². The molecule has 0 bridgehead atoms. The Labute approximate surface area is 145 Å². The molecule has 0 unspecified atom stereocenters. The van der Waals surface area contributed by atoms with Crippen molar-refractivity contribution < 1.29 is 18.3 Å². The average molecular weight is 366 g/mol. The molecule has 0 atom stereocenters. The number of rotatable bonds is 3. The summed E-state index contributed by atoms with van der Waals surface area (Å²) in [6.07, 6.45) is 0.257. The summed E-state index contributed by atoms with van der Waals surface area (Å²) >= 11 is 5.93. The maximum absolute atomic E-state index is 12.0. The zero-order valence-corrected chi connectivity index (χ0v) is 14.5. The van der Waals surface area contributed by atoms with Gasteiger partial charge in [0, 0.05) is 35.8 Å². The fourth-order valence-electron chi connectivity index (χ4n) is 2.82. The van der Waals surface area contributed by atoms with E-state index in [0.717, 1.165) is 17.4 Å². The van der Waals surface area contributed by atoms with Crippen molar-refractivity contribution in [2.45, 2.75) is 10.8 Å². The molecule has 1 saturated heterocycles. The van der Waals surface area contributed by atoms with Crippen molar-refractivity contribution in [3.05, 3.63) is 53.1 Å². The van der Waals surface area contributed by atoms with Gasteiger partial charge in [0.1, 0.15) is 0 Å². The Morgan fingerprint density at radius 1 is 1.17 bits per heavy atom. The SMILES string of the molecule is CS(=O)(=O)c1cc(Cl)ccc1-c1ccc(C2CN(C(=O)O)C2)cc1. The molecule has 1 aliphatic rings. The molecular weight excluding hydrogens is 350 g/mol. The van der Waals surface area contributed by atoms with Crippen molar-refractivity contribution in [1.29, 1.82) is 0 Å². The topological polar surface area (TPSA) is 74.7 Å². The Bertz CT molecular complexity index is 887. The number of halogens is 1. The number of nitrogens with zero attached hydrogens (tertiary/aromatic N) is 1. The van der Waals surface area contributed by atoms with Gasteiger partial charge < -0.3 is 10.0 Å². The van der Waals surface area contributed by atoms with Crippen molar-refractivity contribution in [1.82, 2.24) is 4.90 Å². The minimum atomic E-state index is -3.40. The normalized spacial score (nSPS) is 15.2. The van der Waals surface area contributed by atoms with Crippen LogP contribution in [0.15, 0.2) is 47.4 Å². The largest absolute Gasteiger partial charge is 0.465 e. The Morgan fingerprint density at radius 2 is 1.79 bits per heavy atom. The van der Waals surface area contributed by atoms with Gasteiger partial charge in [-0.05, 0) is 23.3 Å². The van der Waals surface area contributed by atoms with Crippen LogP contribution in [0.2, 0.25) is 5.02 Å². The molecule has 0 saturated carbocycles. The smallest absolute Gasteiger partial charge is 0.407 e. The van der Waals surface area contributed by atoms with E-state index in [2.05, 4.69) is 0 Å². The predicted molar refractivity (Wildman–Crippen MR) is 92.3 cm³/mol. The third-order valence-corrected chi connectivity index (χ3v) is 5.56. The third-order valence-electron chi connectivity index (χ3n) is 4.19. The first-order chi connectivity index (χ1) is 11.3. The van der Waals surface area contributed by atoms with Crippen LogP contribution in [0.5, 0.6) is 0 Å². The molecule has 1 N–H and O–H groups in total. The van der Waals surface area contributed by atoms with Gasteiger partial charge in [-0.25, -0.2) is 13.2 Å². The highest BCUT2D eigenvalue weighted by molar-refractivity contribution is 7.90. The molecule has 0 aromatic heterocycles. The molecule has 1 fully saturated rings. The zero-order chi connectivity index (χ0) is 17.5. The summed E-state index contributed by atoms with van der Waals surface area (Å²) in [5.41, 5.74) is 2.44. The maximum Gasteiger partial charge on any atom is 0.407 e. The fraction of sp³-hybridized carbons (Fsp3) is 0.235. The average Bonchev–Trinajstić information content (AvgIpc) is 2.45. The van der Waals surface area contributed by atoms with Gasteiger partial charge in [-0.2, -0.15) is 0 Å². The van der Waals surface area contributed by atoms with E-state index in [-0.39, 0.29) is 10.8 Å². The molecule has 24 heavy (non-hydrogen) atoms. The highest BCUT2D eigenvalue weighted by Crippen LogP contribution is 2.32. The number of carbonyl (C=O) groups is 1. The van der Waals surface area contributed by atoms with Crippen LogP contribution in [0.1, 0.15) is 11.5 Å². The van der Waals surface area contributed by atoms with Crippen molar-refractivity contribution >= 4 is 27.5 Å². The highest BCUT2D eigenvalue weighted by atomic mass is 35.5. The highest BCUT2D eigenvalue weighted by Gasteiger charge is 2.31. The van der Waals surface area contributed by atoms with Crippen LogP contribution in [0.4, 0.5) is 4.79 Å². The van der Waals surface area contributed by atoms with Crippen molar-refractivity contribution in [3.8, 4) is 11.1 Å². The Balaban J connectivity index is 1.89. The number of carboxylic acid groups (broad SMARTS) is 1. The first-order valence-corrected chi connectivity index (χ1v) is 9.60. The first kappa shape index (κ1) is 16.8. The molecule has 2 aromatic rings. The zero-order valence-electron chi connectivity index (χ0n) is 12.9. The van der Waals surface area contributed by atoms with Crippen LogP contribution < -0.4 is 0 Å². The van der Waals surface area contributed by atoms with Crippen LogP contribution in [0.25, 0.3) is 11.1 Å². The molecule has 7 heteroatoms. The van der Waals surface area contributed by atoms with Crippen LogP contribution in [0, 0.1) is 0 Å². The van der Waals surface area contributed by atoms with Crippen LogP contribution in [-0.4, -0.2) is 43.9 Å². The molecule has 2 aromatic carbocycles. The number of amides is 1. The number of sulfone groups is 1. The number of hydrogen-bond acceptors (Lipinski definition) is 3. The summed E-state index contributed by atoms with van der Waals surface area (Å²) in [7, 11) is -3.40. The van der Waals surface area contributed by atoms with Gasteiger partial charge in [-0.1, -0.05) is 41.9 Å². The molecule has 1 amide bonds. The van der Waals surface area contributed by atoms with Crippen LogP contribution >= 0.6 is 11.6 Å².